The van der Waals surface area contributed by atoms with Crippen LogP contribution in [-0.4, -0.2) is 28.4 Å². The van der Waals surface area contributed by atoms with Gasteiger partial charge in [0.25, 0.3) is 5.91 Å². The number of carbonyl (C=O) groups excluding carboxylic acids is 2. The van der Waals surface area contributed by atoms with Crippen LogP contribution in [0.5, 0.6) is 0 Å². The number of amides is 1. The third kappa shape index (κ3) is 5.89. The summed E-state index contributed by atoms with van der Waals surface area (Å²) in [7, 11) is 0. The first-order valence-corrected chi connectivity index (χ1v) is 16.0. The lowest BCUT2D eigenvalue weighted by Crippen LogP contribution is -2.46. The van der Waals surface area contributed by atoms with E-state index in [9.17, 15) is 9.59 Å². The minimum absolute atomic E-state index is 0.154. The number of ether oxygens (including phenoxy) is 1. The first-order valence-electron chi connectivity index (χ1n) is 16.0. The topological polar surface area (TPSA) is 96.1 Å². The third-order valence-corrected chi connectivity index (χ3v) is 10.3. The standard InChI is InChI=1S/C35H42N4O3/c40-33(37-28-10-6-9-27(18-28)34(41)42-22-23-7-2-1-3-8-23)31-29(38-32(39-31)30-11-4-5-14-36-30)12-13-35-19-24-15-25(20-35)17-26(16-24)21-35/h1-3,6-10,18,24-26,30,36H,4-5,11-17,19-22H2,(H,37,40)(H,38,39). The summed E-state index contributed by atoms with van der Waals surface area (Å²) in [6.45, 7) is 1.18. The highest BCUT2D eigenvalue weighted by Gasteiger charge is 2.50. The zero-order valence-electron chi connectivity index (χ0n) is 24.4. The molecule has 220 valence electrons. The molecule has 1 amide bonds. The van der Waals surface area contributed by atoms with Gasteiger partial charge in [0.05, 0.1) is 11.6 Å². The number of H-pyrrole nitrogens is 1. The molecule has 1 aliphatic heterocycles. The van der Waals surface area contributed by atoms with Gasteiger partial charge in [-0.2, -0.15) is 0 Å². The molecule has 8 rings (SSSR count). The van der Waals surface area contributed by atoms with Crippen molar-refractivity contribution >= 4 is 17.6 Å². The average molecular weight is 567 g/mol. The second kappa shape index (κ2) is 11.7. The molecule has 5 aliphatic rings. The number of piperidine rings is 1. The SMILES string of the molecule is O=C(OCc1ccccc1)c1cccc(NC(=O)c2nc(C3CCCCN3)[nH]c2CCC23CC4CC(CC(C4)C2)C3)c1. The Morgan fingerprint density at radius 2 is 1.71 bits per heavy atom. The molecule has 1 atom stereocenters. The Kier molecular flexibility index (Phi) is 7.61. The van der Waals surface area contributed by atoms with Gasteiger partial charge in [-0.05, 0) is 118 Å². The van der Waals surface area contributed by atoms with Crippen molar-refractivity contribution in [2.75, 3.05) is 11.9 Å². The summed E-state index contributed by atoms with van der Waals surface area (Å²) in [5.41, 5.74) is 3.76. The van der Waals surface area contributed by atoms with Gasteiger partial charge in [-0.25, -0.2) is 9.78 Å². The monoisotopic (exact) mass is 566 g/mol. The van der Waals surface area contributed by atoms with Crippen molar-refractivity contribution in [1.29, 1.82) is 0 Å². The maximum absolute atomic E-state index is 13.7. The van der Waals surface area contributed by atoms with E-state index in [-0.39, 0.29) is 18.6 Å². The molecular weight excluding hydrogens is 524 g/mol. The van der Waals surface area contributed by atoms with Gasteiger partial charge in [-0.15, -0.1) is 0 Å². The molecule has 5 fully saturated rings. The maximum Gasteiger partial charge on any atom is 0.338 e. The van der Waals surface area contributed by atoms with Crippen molar-refractivity contribution in [2.24, 2.45) is 23.2 Å². The van der Waals surface area contributed by atoms with E-state index in [2.05, 4.69) is 15.6 Å². The predicted octanol–water partition coefficient (Wildman–Crippen LogP) is 6.98. The van der Waals surface area contributed by atoms with E-state index in [0.717, 1.165) is 67.1 Å². The van der Waals surface area contributed by atoms with Crippen molar-refractivity contribution < 1.29 is 14.3 Å². The Labute approximate surface area is 248 Å². The number of aromatic amines is 1. The van der Waals surface area contributed by atoms with Crippen LogP contribution >= 0.6 is 0 Å². The first-order chi connectivity index (χ1) is 20.5. The van der Waals surface area contributed by atoms with E-state index < -0.39 is 5.97 Å². The van der Waals surface area contributed by atoms with E-state index in [0.29, 0.717) is 22.4 Å². The smallest absolute Gasteiger partial charge is 0.338 e. The number of hydrogen-bond acceptors (Lipinski definition) is 5. The Hall–Kier alpha value is -3.45. The molecule has 0 radical (unpaired) electrons. The Morgan fingerprint density at radius 1 is 0.952 bits per heavy atom. The summed E-state index contributed by atoms with van der Waals surface area (Å²) in [4.78, 5) is 35.0. The quantitative estimate of drug-likeness (QED) is 0.243. The molecule has 4 saturated carbocycles. The van der Waals surface area contributed by atoms with Gasteiger partial charge in [0, 0.05) is 11.4 Å². The molecule has 4 bridgehead atoms. The summed E-state index contributed by atoms with van der Waals surface area (Å²) in [5.74, 6) is 2.96. The van der Waals surface area contributed by atoms with Crippen LogP contribution in [0.2, 0.25) is 0 Å². The molecule has 3 aromatic rings. The van der Waals surface area contributed by atoms with Crippen molar-refractivity contribution in [1.82, 2.24) is 15.3 Å². The van der Waals surface area contributed by atoms with Gasteiger partial charge in [0.15, 0.2) is 0 Å². The van der Waals surface area contributed by atoms with E-state index in [1.807, 2.05) is 30.3 Å². The van der Waals surface area contributed by atoms with Gasteiger partial charge in [0.1, 0.15) is 18.1 Å². The normalized spacial score (nSPS) is 28.0. The van der Waals surface area contributed by atoms with E-state index >= 15 is 0 Å². The Bertz CT molecular complexity index is 1390. The highest BCUT2D eigenvalue weighted by molar-refractivity contribution is 6.04. The van der Waals surface area contributed by atoms with Crippen LogP contribution in [0.3, 0.4) is 0 Å². The highest BCUT2D eigenvalue weighted by atomic mass is 16.5. The van der Waals surface area contributed by atoms with Crippen LogP contribution in [0.4, 0.5) is 5.69 Å². The molecule has 42 heavy (non-hydrogen) atoms. The molecule has 1 aromatic heterocycles. The van der Waals surface area contributed by atoms with Gasteiger partial charge in [-0.1, -0.05) is 42.8 Å². The van der Waals surface area contributed by atoms with Gasteiger partial charge < -0.3 is 20.4 Å². The number of nitrogens with zero attached hydrogens (tertiary/aromatic N) is 1. The molecule has 4 aliphatic carbocycles. The van der Waals surface area contributed by atoms with Crippen LogP contribution in [0.25, 0.3) is 0 Å². The molecule has 1 unspecified atom stereocenters. The third-order valence-electron chi connectivity index (χ3n) is 10.3. The van der Waals surface area contributed by atoms with E-state index in [1.54, 1.807) is 24.3 Å². The number of nitrogens with one attached hydrogen (secondary N) is 3. The molecule has 2 aromatic carbocycles. The Balaban J connectivity index is 1.07. The molecule has 1 saturated heterocycles. The number of carbonyl (C=O) groups is 2. The second-order valence-electron chi connectivity index (χ2n) is 13.5. The second-order valence-corrected chi connectivity index (χ2v) is 13.5. The van der Waals surface area contributed by atoms with Crippen molar-refractivity contribution in [3.8, 4) is 0 Å². The fraction of sp³-hybridized carbons (Fsp3) is 0.514. The molecule has 7 heteroatoms. The molecule has 2 heterocycles. The average Bonchev–Trinajstić information content (AvgIpc) is 3.44. The fourth-order valence-corrected chi connectivity index (χ4v) is 8.76. The minimum Gasteiger partial charge on any atom is -0.457 e. The van der Waals surface area contributed by atoms with Crippen LogP contribution in [-0.2, 0) is 17.8 Å². The molecule has 7 nitrogen and oxygen atoms in total. The summed E-state index contributed by atoms with van der Waals surface area (Å²) in [6, 6.07) is 16.7. The van der Waals surface area contributed by atoms with Crippen LogP contribution in [0.15, 0.2) is 54.6 Å². The predicted molar refractivity (Wildman–Crippen MR) is 162 cm³/mol. The number of rotatable bonds is 9. The number of benzene rings is 2. The van der Waals surface area contributed by atoms with Gasteiger partial charge in [0.2, 0.25) is 0 Å². The lowest BCUT2D eigenvalue weighted by Gasteiger charge is -2.57. The van der Waals surface area contributed by atoms with Gasteiger partial charge >= 0.3 is 5.97 Å². The molecule has 0 spiro atoms. The number of esters is 1. The molecular formula is C35H42N4O3. The van der Waals surface area contributed by atoms with Crippen LogP contribution < -0.4 is 10.6 Å². The first kappa shape index (κ1) is 27.4. The number of hydrogen-bond donors (Lipinski definition) is 3. The van der Waals surface area contributed by atoms with Crippen molar-refractivity contribution in [3.63, 3.8) is 0 Å². The summed E-state index contributed by atoms with van der Waals surface area (Å²) in [6.07, 6.45) is 13.7. The minimum atomic E-state index is -0.420. The summed E-state index contributed by atoms with van der Waals surface area (Å²) in [5, 5.41) is 6.61. The number of anilines is 1. The number of aromatic nitrogens is 2. The Morgan fingerprint density at radius 3 is 2.43 bits per heavy atom. The van der Waals surface area contributed by atoms with E-state index in [1.165, 1.54) is 44.9 Å². The molecule has 3 N–H and O–H groups in total. The number of aryl methyl sites for hydroxylation is 1. The van der Waals surface area contributed by atoms with Crippen LogP contribution in [0.1, 0.15) is 108 Å². The largest absolute Gasteiger partial charge is 0.457 e. The lowest BCUT2D eigenvalue weighted by molar-refractivity contribution is -0.0570. The van der Waals surface area contributed by atoms with E-state index in [4.69, 9.17) is 9.72 Å². The zero-order chi connectivity index (χ0) is 28.5. The fourth-order valence-electron chi connectivity index (χ4n) is 8.76. The zero-order valence-corrected chi connectivity index (χ0v) is 24.4. The van der Waals surface area contributed by atoms with Crippen molar-refractivity contribution in [2.45, 2.75) is 83.3 Å². The van der Waals surface area contributed by atoms with Gasteiger partial charge in [-0.3, -0.25) is 4.79 Å². The lowest BCUT2D eigenvalue weighted by atomic mass is 9.48. The highest BCUT2D eigenvalue weighted by Crippen LogP contribution is 2.61. The number of imidazole rings is 1. The summed E-state index contributed by atoms with van der Waals surface area (Å²) < 4.78 is 5.50. The maximum atomic E-state index is 13.7. The van der Waals surface area contributed by atoms with Crippen LogP contribution in [0, 0.1) is 23.2 Å². The van der Waals surface area contributed by atoms with Crippen molar-refractivity contribution in [3.05, 3.63) is 82.9 Å². The summed E-state index contributed by atoms with van der Waals surface area (Å²) >= 11 is 0.